The molecule has 38 heavy (non-hydrogen) atoms. The van der Waals surface area contributed by atoms with E-state index in [-0.39, 0.29) is 32.2 Å². The van der Waals surface area contributed by atoms with Crippen LogP contribution in [0.1, 0.15) is 53.3 Å². The minimum Gasteiger partial charge on any atom is -0.481 e. The summed E-state index contributed by atoms with van der Waals surface area (Å²) in [6, 6.07) is 11.5. The molecule has 0 aliphatic carbocycles. The largest absolute Gasteiger partial charge is 0.481 e. The fourth-order valence-corrected chi connectivity index (χ4v) is 4.48. The van der Waals surface area contributed by atoms with Crippen LogP contribution in [0.25, 0.3) is 21.9 Å². The first-order chi connectivity index (χ1) is 18.2. The Morgan fingerprint density at radius 3 is 2.32 bits per heavy atom. The lowest BCUT2D eigenvalue weighted by atomic mass is 10.00. The third kappa shape index (κ3) is 5.77. The Labute approximate surface area is 218 Å². The Bertz CT molecular complexity index is 1570. The van der Waals surface area contributed by atoms with Gasteiger partial charge >= 0.3 is 11.6 Å². The van der Waals surface area contributed by atoms with Crippen molar-refractivity contribution in [3.63, 3.8) is 0 Å². The van der Waals surface area contributed by atoms with Gasteiger partial charge in [-0.25, -0.2) is 4.79 Å². The van der Waals surface area contributed by atoms with Crippen LogP contribution in [0.5, 0.6) is 0 Å². The maximum absolute atomic E-state index is 12.9. The number of rotatable bonds is 10. The standard InChI is InChI=1S/C29H30N2O7/c1-16-18(3)37-23-15-24-22(14-21(16)23)17(2)20(29(36)38-24)11-12-25(32)31-27(19-8-5-4-6-9-19)28(35)30-13-7-10-26(33)34/h4-6,8-9,14-15,27H,7,10-13H2,1-3H3,(H,30,35)(H,31,32)(H,33,34)/t27-/m1/s1. The molecule has 0 saturated heterocycles. The van der Waals surface area contributed by atoms with E-state index in [1.165, 1.54) is 0 Å². The van der Waals surface area contributed by atoms with Crippen molar-refractivity contribution in [2.24, 2.45) is 0 Å². The average molecular weight is 519 g/mol. The molecular formula is C29H30N2O7. The number of carbonyl (C=O) groups excluding carboxylic acids is 2. The van der Waals surface area contributed by atoms with E-state index < -0.39 is 29.5 Å². The van der Waals surface area contributed by atoms with Crippen molar-refractivity contribution in [2.45, 2.75) is 52.5 Å². The SMILES string of the molecule is Cc1oc2cc3oc(=O)c(CCC(=O)N[C@@H](C(=O)NCCCC(=O)O)c4ccccc4)c(C)c3cc2c1C. The molecule has 0 aliphatic rings. The van der Waals surface area contributed by atoms with Gasteiger partial charge < -0.3 is 24.6 Å². The molecule has 198 valence electrons. The second-order valence-corrected chi connectivity index (χ2v) is 9.32. The number of aryl methyl sites for hydroxylation is 3. The molecule has 0 unspecified atom stereocenters. The third-order valence-electron chi connectivity index (χ3n) is 6.75. The first kappa shape index (κ1) is 26.7. The molecule has 9 nitrogen and oxygen atoms in total. The van der Waals surface area contributed by atoms with Crippen LogP contribution in [-0.4, -0.2) is 29.4 Å². The highest BCUT2D eigenvalue weighted by atomic mass is 16.4. The number of fused-ring (bicyclic) bond motifs is 2. The molecule has 3 N–H and O–H groups in total. The molecule has 1 atom stereocenters. The van der Waals surface area contributed by atoms with E-state index in [0.29, 0.717) is 22.3 Å². The molecule has 0 bridgehead atoms. The summed E-state index contributed by atoms with van der Waals surface area (Å²) in [5, 5.41) is 15.9. The molecule has 0 fully saturated rings. The van der Waals surface area contributed by atoms with Gasteiger partial charge in [-0.2, -0.15) is 0 Å². The normalized spacial score (nSPS) is 12.0. The maximum Gasteiger partial charge on any atom is 0.339 e. The summed E-state index contributed by atoms with van der Waals surface area (Å²) in [6.07, 6.45) is 0.317. The van der Waals surface area contributed by atoms with Crippen molar-refractivity contribution < 1.29 is 28.3 Å². The van der Waals surface area contributed by atoms with Gasteiger partial charge in [-0.15, -0.1) is 0 Å². The molecule has 0 aliphatic heterocycles. The van der Waals surface area contributed by atoms with Crippen LogP contribution in [0.3, 0.4) is 0 Å². The zero-order chi connectivity index (χ0) is 27.4. The second kappa shape index (κ2) is 11.3. The van der Waals surface area contributed by atoms with Crippen LogP contribution in [0.15, 0.2) is 56.1 Å². The number of carboxylic acid groups (broad SMARTS) is 1. The number of carboxylic acids is 1. The predicted octanol–water partition coefficient (Wildman–Crippen LogP) is 4.24. The molecule has 0 spiro atoms. The maximum atomic E-state index is 12.9. The van der Waals surface area contributed by atoms with Gasteiger partial charge in [0, 0.05) is 41.8 Å². The van der Waals surface area contributed by atoms with E-state index in [9.17, 15) is 19.2 Å². The van der Waals surface area contributed by atoms with Gasteiger partial charge in [0.15, 0.2) is 0 Å². The number of carbonyl (C=O) groups is 3. The first-order valence-electron chi connectivity index (χ1n) is 12.5. The van der Waals surface area contributed by atoms with E-state index in [4.69, 9.17) is 13.9 Å². The highest BCUT2D eigenvalue weighted by Crippen LogP contribution is 2.31. The summed E-state index contributed by atoms with van der Waals surface area (Å²) in [5.74, 6) is -0.993. The Balaban J connectivity index is 1.50. The molecule has 4 aromatic rings. The van der Waals surface area contributed by atoms with Crippen LogP contribution < -0.4 is 16.3 Å². The van der Waals surface area contributed by atoms with Gasteiger partial charge in [0.2, 0.25) is 11.8 Å². The number of hydrogen-bond acceptors (Lipinski definition) is 6. The summed E-state index contributed by atoms with van der Waals surface area (Å²) < 4.78 is 11.3. The fourth-order valence-electron chi connectivity index (χ4n) is 4.48. The smallest absolute Gasteiger partial charge is 0.339 e. The summed E-state index contributed by atoms with van der Waals surface area (Å²) >= 11 is 0. The number of amides is 2. The van der Waals surface area contributed by atoms with E-state index >= 15 is 0 Å². The molecule has 2 aromatic carbocycles. The molecule has 0 radical (unpaired) electrons. The van der Waals surface area contributed by atoms with Crippen LogP contribution in [0.4, 0.5) is 0 Å². The minimum atomic E-state index is -0.955. The zero-order valence-electron chi connectivity index (χ0n) is 21.6. The van der Waals surface area contributed by atoms with Crippen LogP contribution >= 0.6 is 0 Å². The zero-order valence-corrected chi connectivity index (χ0v) is 21.6. The van der Waals surface area contributed by atoms with Gasteiger partial charge in [-0.1, -0.05) is 30.3 Å². The van der Waals surface area contributed by atoms with Crippen molar-refractivity contribution in [3.05, 3.63) is 80.9 Å². The van der Waals surface area contributed by atoms with E-state index in [1.54, 1.807) is 36.4 Å². The quantitative estimate of drug-likeness (QED) is 0.211. The van der Waals surface area contributed by atoms with Crippen LogP contribution in [-0.2, 0) is 20.8 Å². The average Bonchev–Trinajstić information content (AvgIpc) is 3.16. The van der Waals surface area contributed by atoms with Crippen molar-refractivity contribution in [1.29, 1.82) is 0 Å². The van der Waals surface area contributed by atoms with Gasteiger partial charge in [0.25, 0.3) is 0 Å². The van der Waals surface area contributed by atoms with Gasteiger partial charge in [0.05, 0.1) is 0 Å². The summed E-state index contributed by atoms with van der Waals surface area (Å²) in [7, 11) is 0. The second-order valence-electron chi connectivity index (χ2n) is 9.32. The Morgan fingerprint density at radius 1 is 0.921 bits per heavy atom. The topological polar surface area (TPSA) is 139 Å². The monoisotopic (exact) mass is 518 g/mol. The van der Waals surface area contributed by atoms with Crippen molar-refractivity contribution >= 4 is 39.7 Å². The van der Waals surface area contributed by atoms with Crippen LogP contribution in [0.2, 0.25) is 0 Å². The summed E-state index contributed by atoms with van der Waals surface area (Å²) in [5.41, 5.74) is 3.30. The summed E-state index contributed by atoms with van der Waals surface area (Å²) in [6.45, 7) is 5.85. The molecule has 4 rings (SSSR count). The molecule has 2 heterocycles. The van der Waals surface area contributed by atoms with Gasteiger partial charge in [0.1, 0.15) is 23.0 Å². The molecular weight excluding hydrogens is 488 g/mol. The number of benzene rings is 2. The lowest BCUT2D eigenvalue weighted by molar-refractivity contribution is -0.137. The van der Waals surface area contributed by atoms with Crippen molar-refractivity contribution in [2.75, 3.05) is 6.54 Å². The van der Waals surface area contributed by atoms with E-state index in [1.807, 2.05) is 26.8 Å². The minimum absolute atomic E-state index is 0.0289. The number of aliphatic carboxylic acids is 1. The predicted molar refractivity (Wildman–Crippen MR) is 142 cm³/mol. The Morgan fingerprint density at radius 2 is 1.61 bits per heavy atom. The molecule has 9 heteroatoms. The van der Waals surface area contributed by atoms with Gasteiger partial charge in [-0.05, 0) is 56.4 Å². The first-order valence-corrected chi connectivity index (χ1v) is 12.5. The lowest BCUT2D eigenvalue weighted by Gasteiger charge is -2.19. The van der Waals surface area contributed by atoms with Gasteiger partial charge in [-0.3, -0.25) is 14.4 Å². The third-order valence-corrected chi connectivity index (χ3v) is 6.75. The van der Waals surface area contributed by atoms with E-state index in [2.05, 4.69) is 10.6 Å². The fraction of sp³-hybridized carbons (Fsp3) is 0.310. The van der Waals surface area contributed by atoms with Crippen molar-refractivity contribution in [3.8, 4) is 0 Å². The number of hydrogen-bond donors (Lipinski definition) is 3. The molecule has 2 aromatic heterocycles. The highest BCUT2D eigenvalue weighted by Gasteiger charge is 2.23. The Kier molecular flexibility index (Phi) is 7.95. The van der Waals surface area contributed by atoms with E-state index in [0.717, 1.165) is 27.7 Å². The van der Waals surface area contributed by atoms with Crippen molar-refractivity contribution in [1.82, 2.24) is 10.6 Å². The van der Waals surface area contributed by atoms with Crippen LogP contribution in [0, 0.1) is 20.8 Å². The molecule has 2 amide bonds. The number of furan rings is 1. The Hall–Kier alpha value is -4.40. The number of nitrogens with one attached hydrogen (secondary N) is 2. The summed E-state index contributed by atoms with van der Waals surface area (Å²) in [4.78, 5) is 49.3. The molecule has 0 saturated carbocycles. The highest BCUT2D eigenvalue weighted by molar-refractivity contribution is 5.97. The lowest BCUT2D eigenvalue weighted by Crippen LogP contribution is -2.41.